The van der Waals surface area contributed by atoms with Crippen LogP contribution in [0.1, 0.15) is 31.4 Å². The molecule has 2 heterocycles. The molecule has 1 atom stereocenters. The van der Waals surface area contributed by atoms with Gasteiger partial charge in [-0.3, -0.25) is 19.3 Å². The number of carbonyl (C=O) groups is 4. The van der Waals surface area contributed by atoms with Gasteiger partial charge in [0.25, 0.3) is 5.91 Å². The van der Waals surface area contributed by atoms with Gasteiger partial charge in [0.05, 0.1) is 0 Å². The van der Waals surface area contributed by atoms with Crippen molar-refractivity contribution in [3.63, 3.8) is 0 Å². The predicted octanol–water partition coefficient (Wildman–Crippen LogP) is 2.53. The summed E-state index contributed by atoms with van der Waals surface area (Å²) < 4.78 is 13.2. The minimum atomic E-state index is -1.38. The number of benzene rings is 2. The van der Waals surface area contributed by atoms with E-state index in [9.17, 15) is 23.6 Å². The quantitative estimate of drug-likeness (QED) is 0.717. The molecule has 2 N–H and O–H groups in total. The van der Waals surface area contributed by atoms with Gasteiger partial charge in [-0.1, -0.05) is 12.1 Å². The van der Waals surface area contributed by atoms with Gasteiger partial charge in [0, 0.05) is 24.8 Å². The SMILES string of the molecule is CC(=O)N1CCCc2cc(NC(=O)CN3C(=O)NC(C)(c4ccc(F)cc4)C3=O)ccc21. The van der Waals surface area contributed by atoms with Crippen molar-refractivity contribution in [1.82, 2.24) is 10.2 Å². The highest BCUT2D eigenvalue weighted by Gasteiger charge is 2.49. The number of urea groups is 1. The van der Waals surface area contributed by atoms with Crippen LogP contribution in [0, 0.1) is 5.82 Å². The van der Waals surface area contributed by atoms with Crippen molar-refractivity contribution in [2.75, 3.05) is 23.3 Å². The lowest BCUT2D eigenvalue weighted by Gasteiger charge is -2.29. The average Bonchev–Trinajstić information content (AvgIpc) is 2.97. The van der Waals surface area contributed by atoms with Crippen LogP contribution in [0.15, 0.2) is 42.5 Å². The number of amides is 5. The number of anilines is 2. The van der Waals surface area contributed by atoms with Gasteiger partial charge in [0.2, 0.25) is 11.8 Å². The zero-order chi connectivity index (χ0) is 23.0. The first-order chi connectivity index (χ1) is 15.2. The molecule has 0 saturated carbocycles. The Morgan fingerprint density at radius 3 is 2.56 bits per heavy atom. The first-order valence-corrected chi connectivity index (χ1v) is 10.3. The smallest absolute Gasteiger partial charge is 0.325 e. The molecule has 4 rings (SSSR count). The third-order valence-electron chi connectivity index (χ3n) is 5.86. The molecule has 0 aliphatic carbocycles. The fourth-order valence-electron chi connectivity index (χ4n) is 4.17. The van der Waals surface area contributed by atoms with Crippen LogP contribution in [0.4, 0.5) is 20.6 Å². The number of hydrogen-bond donors (Lipinski definition) is 2. The van der Waals surface area contributed by atoms with Crippen LogP contribution in [0.5, 0.6) is 0 Å². The molecule has 2 aliphatic heterocycles. The number of fused-ring (bicyclic) bond motifs is 1. The van der Waals surface area contributed by atoms with Gasteiger partial charge in [0.1, 0.15) is 17.9 Å². The molecule has 0 radical (unpaired) electrons. The number of halogens is 1. The molecular weight excluding hydrogens is 415 g/mol. The zero-order valence-corrected chi connectivity index (χ0v) is 17.8. The van der Waals surface area contributed by atoms with Gasteiger partial charge >= 0.3 is 6.03 Å². The Hall–Kier alpha value is -3.75. The van der Waals surface area contributed by atoms with Crippen molar-refractivity contribution in [2.24, 2.45) is 0 Å². The van der Waals surface area contributed by atoms with Crippen molar-refractivity contribution < 1.29 is 23.6 Å². The second-order valence-electron chi connectivity index (χ2n) is 8.12. The topological polar surface area (TPSA) is 98.8 Å². The van der Waals surface area contributed by atoms with Gasteiger partial charge in [-0.05, 0) is 61.2 Å². The third kappa shape index (κ3) is 3.81. The lowest BCUT2D eigenvalue weighted by molar-refractivity contribution is -0.133. The number of hydrogen-bond acceptors (Lipinski definition) is 4. The van der Waals surface area contributed by atoms with Gasteiger partial charge < -0.3 is 15.5 Å². The van der Waals surface area contributed by atoms with Crippen LogP contribution in [0.25, 0.3) is 0 Å². The number of rotatable bonds is 4. The zero-order valence-electron chi connectivity index (χ0n) is 17.8. The summed E-state index contributed by atoms with van der Waals surface area (Å²) in [6.07, 6.45) is 1.61. The summed E-state index contributed by atoms with van der Waals surface area (Å²) >= 11 is 0. The van der Waals surface area contributed by atoms with Crippen LogP contribution >= 0.6 is 0 Å². The molecule has 1 unspecified atom stereocenters. The Morgan fingerprint density at radius 1 is 1.16 bits per heavy atom. The lowest BCUT2D eigenvalue weighted by Crippen LogP contribution is -2.42. The second kappa shape index (κ2) is 8.07. The van der Waals surface area contributed by atoms with Crippen LogP contribution < -0.4 is 15.5 Å². The fraction of sp³-hybridized carbons (Fsp3) is 0.304. The Labute approximate surface area is 184 Å². The van der Waals surface area contributed by atoms with E-state index in [4.69, 9.17) is 0 Å². The third-order valence-corrected chi connectivity index (χ3v) is 5.86. The summed E-state index contributed by atoms with van der Waals surface area (Å²) in [5.41, 5.74) is 1.33. The number of nitrogens with zero attached hydrogens (tertiary/aromatic N) is 2. The molecule has 0 aromatic heterocycles. The van der Waals surface area contributed by atoms with Crippen molar-refractivity contribution in [3.8, 4) is 0 Å². The lowest BCUT2D eigenvalue weighted by atomic mass is 9.92. The highest BCUT2D eigenvalue weighted by atomic mass is 19.1. The maximum absolute atomic E-state index is 13.2. The summed E-state index contributed by atoms with van der Waals surface area (Å²) in [5, 5.41) is 5.30. The van der Waals surface area contributed by atoms with Crippen molar-refractivity contribution in [2.45, 2.75) is 32.2 Å². The highest BCUT2D eigenvalue weighted by Crippen LogP contribution is 2.31. The van der Waals surface area contributed by atoms with E-state index in [0.29, 0.717) is 17.8 Å². The van der Waals surface area contributed by atoms with E-state index in [1.807, 2.05) is 0 Å². The molecule has 5 amide bonds. The van der Waals surface area contributed by atoms with E-state index >= 15 is 0 Å². The molecule has 166 valence electrons. The maximum Gasteiger partial charge on any atom is 0.325 e. The molecule has 2 aromatic rings. The molecule has 2 aromatic carbocycles. The first-order valence-electron chi connectivity index (χ1n) is 10.3. The highest BCUT2D eigenvalue weighted by molar-refractivity contribution is 6.10. The van der Waals surface area contributed by atoms with E-state index in [1.165, 1.54) is 38.1 Å². The van der Waals surface area contributed by atoms with Gasteiger partial charge in [-0.25, -0.2) is 9.18 Å². The number of carbonyl (C=O) groups excluding carboxylic acids is 4. The van der Waals surface area contributed by atoms with Gasteiger partial charge in [0.15, 0.2) is 0 Å². The minimum Gasteiger partial charge on any atom is -0.325 e. The maximum atomic E-state index is 13.2. The second-order valence-corrected chi connectivity index (χ2v) is 8.12. The Kier molecular flexibility index (Phi) is 5.41. The van der Waals surface area contributed by atoms with Crippen molar-refractivity contribution in [3.05, 3.63) is 59.4 Å². The van der Waals surface area contributed by atoms with E-state index in [0.717, 1.165) is 29.0 Å². The summed E-state index contributed by atoms with van der Waals surface area (Å²) in [6.45, 7) is 3.23. The molecule has 32 heavy (non-hydrogen) atoms. The Balaban J connectivity index is 1.46. The molecule has 1 fully saturated rings. The largest absolute Gasteiger partial charge is 0.325 e. The molecule has 9 heteroatoms. The standard InChI is InChI=1S/C23H23FN4O4/c1-14(29)27-11-3-4-15-12-18(9-10-19(15)27)25-20(30)13-28-21(31)23(2,26-22(28)32)16-5-7-17(24)8-6-16/h5-10,12H,3-4,11,13H2,1-2H3,(H,25,30)(H,26,32). The summed E-state index contributed by atoms with van der Waals surface area (Å²) in [6, 6.07) is 9.84. The molecular formula is C23H23FN4O4. The first kappa shape index (κ1) is 21.5. The summed E-state index contributed by atoms with van der Waals surface area (Å²) in [5.74, 6) is -1.62. The number of imide groups is 1. The van der Waals surface area contributed by atoms with Gasteiger partial charge in [-0.2, -0.15) is 0 Å². The monoisotopic (exact) mass is 438 g/mol. The molecule has 2 aliphatic rings. The van der Waals surface area contributed by atoms with E-state index in [2.05, 4.69) is 10.6 Å². The van der Waals surface area contributed by atoms with Crippen molar-refractivity contribution >= 4 is 35.1 Å². The average molecular weight is 438 g/mol. The summed E-state index contributed by atoms with van der Waals surface area (Å²) in [7, 11) is 0. The van der Waals surface area contributed by atoms with Crippen LogP contribution in [0.3, 0.4) is 0 Å². The normalized spacial score (nSPS) is 20.1. The molecule has 0 bridgehead atoms. The fourth-order valence-corrected chi connectivity index (χ4v) is 4.17. The Morgan fingerprint density at radius 2 is 1.88 bits per heavy atom. The summed E-state index contributed by atoms with van der Waals surface area (Å²) in [4.78, 5) is 52.3. The van der Waals surface area contributed by atoms with Crippen molar-refractivity contribution in [1.29, 1.82) is 0 Å². The molecule has 0 spiro atoms. The molecule has 8 nitrogen and oxygen atoms in total. The van der Waals surface area contributed by atoms with E-state index in [1.54, 1.807) is 23.1 Å². The molecule has 1 saturated heterocycles. The minimum absolute atomic E-state index is 0.0366. The van der Waals surface area contributed by atoms with Crippen LogP contribution in [0.2, 0.25) is 0 Å². The van der Waals surface area contributed by atoms with Crippen LogP contribution in [-0.4, -0.2) is 41.7 Å². The number of nitrogens with one attached hydrogen (secondary N) is 2. The number of aryl methyl sites for hydroxylation is 1. The van der Waals surface area contributed by atoms with Crippen LogP contribution in [-0.2, 0) is 26.3 Å². The van der Waals surface area contributed by atoms with E-state index in [-0.39, 0.29) is 5.91 Å². The Bertz CT molecular complexity index is 1120. The predicted molar refractivity (Wildman–Crippen MR) is 115 cm³/mol. The van der Waals surface area contributed by atoms with E-state index < -0.39 is 35.7 Å². The van der Waals surface area contributed by atoms with Gasteiger partial charge in [-0.15, -0.1) is 0 Å².